The number of nitrogens with one attached hydrogen (secondary N) is 1. The second kappa shape index (κ2) is 7.32. The van der Waals surface area contributed by atoms with Gasteiger partial charge in [-0.25, -0.2) is 0 Å². The van der Waals surface area contributed by atoms with Crippen molar-refractivity contribution in [3.8, 4) is 11.5 Å². The molecule has 1 aliphatic carbocycles. The Hall–Kier alpha value is -2.20. The van der Waals surface area contributed by atoms with Gasteiger partial charge in [0.25, 0.3) is 0 Å². The highest BCUT2D eigenvalue weighted by molar-refractivity contribution is 5.65. The maximum atomic E-state index is 5.92. The summed E-state index contributed by atoms with van der Waals surface area (Å²) >= 11 is 0. The lowest BCUT2D eigenvalue weighted by molar-refractivity contribution is 0.172. The Balaban J connectivity index is 1.20. The van der Waals surface area contributed by atoms with E-state index in [0.717, 1.165) is 24.6 Å². The minimum absolute atomic E-state index is 0.592. The van der Waals surface area contributed by atoms with Crippen LogP contribution in [-0.2, 0) is 12.8 Å². The van der Waals surface area contributed by atoms with Gasteiger partial charge < -0.3 is 19.7 Å². The molecule has 148 valence electrons. The average Bonchev–Trinajstić information content (AvgIpc) is 3.09. The van der Waals surface area contributed by atoms with E-state index in [0.29, 0.717) is 25.3 Å². The highest BCUT2D eigenvalue weighted by Gasteiger charge is 2.28. The second-order valence-corrected chi connectivity index (χ2v) is 8.54. The van der Waals surface area contributed by atoms with Crippen molar-refractivity contribution in [1.29, 1.82) is 0 Å². The van der Waals surface area contributed by atoms with E-state index in [9.17, 15) is 0 Å². The molecule has 1 saturated heterocycles. The van der Waals surface area contributed by atoms with Gasteiger partial charge in [0.2, 0.25) is 0 Å². The van der Waals surface area contributed by atoms with Crippen LogP contribution in [0.3, 0.4) is 0 Å². The summed E-state index contributed by atoms with van der Waals surface area (Å²) in [5, 5.41) is 3.96. The van der Waals surface area contributed by atoms with Gasteiger partial charge in [-0.15, -0.1) is 0 Å². The van der Waals surface area contributed by atoms with Crippen molar-refractivity contribution in [3.63, 3.8) is 0 Å². The summed E-state index contributed by atoms with van der Waals surface area (Å²) in [5.41, 5.74) is 7.13. The fourth-order valence-corrected chi connectivity index (χ4v) is 4.96. The van der Waals surface area contributed by atoms with E-state index in [4.69, 9.17) is 9.47 Å². The van der Waals surface area contributed by atoms with E-state index in [2.05, 4.69) is 48.3 Å². The monoisotopic (exact) mass is 378 g/mol. The number of anilines is 1. The highest BCUT2D eigenvalue weighted by atomic mass is 16.6. The lowest BCUT2D eigenvalue weighted by Crippen LogP contribution is -2.46. The van der Waals surface area contributed by atoms with Crippen molar-refractivity contribution in [3.05, 3.63) is 52.6 Å². The van der Waals surface area contributed by atoms with Crippen molar-refractivity contribution in [2.45, 2.75) is 51.6 Å². The molecule has 3 aliphatic rings. The van der Waals surface area contributed by atoms with Crippen molar-refractivity contribution < 1.29 is 9.47 Å². The second-order valence-electron chi connectivity index (χ2n) is 8.54. The number of rotatable bonds is 3. The molecule has 0 atom stereocenters. The fraction of sp³-hybridized carbons (Fsp3) is 0.500. The van der Waals surface area contributed by atoms with Crippen LogP contribution >= 0.6 is 0 Å². The molecular formula is C24H30N2O2. The van der Waals surface area contributed by atoms with Gasteiger partial charge in [-0.3, -0.25) is 0 Å². The van der Waals surface area contributed by atoms with Crippen molar-refractivity contribution in [2.24, 2.45) is 0 Å². The van der Waals surface area contributed by atoms with Gasteiger partial charge in [-0.1, -0.05) is 18.2 Å². The third-order valence-electron chi connectivity index (χ3n) is 6.60. The zero-order valence-corrected chi connectivity index (χ0v) is 17.0. The number of hydrogen-bond donors (Lipinski definition) is 1. The smallest absolute Gasteiger partial charge is 0.184 e. The normalized spacial score (nSPS) is 19.7. The van der Waals surface area contributed by atoms with Gasteiger partial charge >= 0.3 is 0 Å². The van der Waals surface area contributed by atoms with E-state index in [1.165, 1.54) is 42.5 Å². The van der Waals surface area contributed by atoms with E-state index in [-0.39, 0.29) is 0 Å². The summed E-state index contributed by atoms with van der Waals surface area (Å²) in [4.78, 5) is 2.46. The van der Waals surface area contributed by atoms with E-state index >= 15 is 0 Å². The Morgan fingerprint density at radius 2 is 1.57 bits per heavy atom. The largest absolute Gasteiger partial charge is 0.486 e. The van der Waals surface area contributed by atoms with Crippen LogP contribution in [0.4, 0.5) is 5.69 Å². The van der Waals surface area contributed by atoms with Crippen LogP contribution in [0.15, 0.2) is 30.3 Å². The van der Waals surface area contributed by atoms with Crippen LogP contribution in [0, 0.1) is 13.8 Å². The third kappa shape index (κ3) is 3.35. The Labute approximate surface area is 167 Å². The number of aryl methyl sites for hydroxylation is 2. The molecule has 1 N–H and O–H groups in total. The average molecular weight is 379 g/mol. The lowest BCUT2D eigenvalue weighted by atomic mass is 10.0. The predicted octanol–water partition coefficient (Wildman–Crippen LogP) is 3.80. The Kier molecular flexibility index (Phi) is 4.67. The number of nitrogens with zero attached hydrogens (tertiary/aromatic N) is 1. The minimum Gasteiger partial charge on any atom is -0.486 e. The van der Waals surface area contributed by atoms with Crippen LogP contribution in [0.1, 0.15) is 35.1 Å². The van der Waals surface area contributed by atoms with Gasteiger partial charge in [0, 0.05) is 25.2 Å². The number of piperidine rings is 1. The number of para-hydroxylation sites is 1. The molecule has 0 bridgehead atoms. The standard InChI is InChI=1S/C24H30N2O2/c1-16-12-18-14-21(15-19(18)13-17(16)2)25-20-6-8-26(9-7-20)22-4-3-5-23-24(22)28-11-10-27-23/h3-5,12-13,20-21,25H,6-11,14-15H2,1-2H3. The molecular weight excluding hydrogens is 348 g/mol. The first-order valence-electron chi connectivity index (χ1n) is 10.7. The first-order valence-corrected chi connectivity index (χ1v) is 10.7. The molecule has 2 aromatic rings. The van der Waals surface area contributed by atoms with Gasteiger partial charge in [-0.2, -0.15) is 0 Å². The quantitative estimate of drug-likeness (QED) is 0.881. The Morgan fingerprint density at radius 1 is 0.893 bits per heavy atom. The molecule has 4 heteroatoms. The molecule has 2 aromatic carbocycles. The van der Waals surface area contributed by atoms with Crippen LogP contribution in [0.2, 0.25) is 0 Å². The topological polar surface area (TPSA) is 33.7 Å². The molecule has 0 unspecified atom stereocenters. The molecule has 0 saturated carbocycles. The van der Waals surface area contributed by atoms with Crippen LogP contribution in [0.5, 0.6) is 11.5 Å². The minimum atomic E-state index is 0.592. The molecule has 2 heterocycles. The zero-order chi connectivity index (χ0) is 19.1. The van der Waals surface area contributed by atoms with Crippen molar-refractivity contribution in [2.75, 3.05) is 31.2 Å². The Bertz CT molecular complexity index is 840. The van der Waals surface area contributed by atoms with Crippen LogP contribution < -0.4 is 19.7 Å². The maximum absolute atomic E-state index is 5.92. The summed E-state index contributed by atoms with van der Waals surface area (Å²) in [6, 6.07) is 12.2. The Morgan fingerprint density at radius 3 is 2.29 bits per heavy atom. The fourth-order valence-electron chi connectivity index (χ4n) is 4.96. The van der Waals surface area contributed by atoms with Crippen molar-refractivity contribution >= 4 is 5.69 Å². The van der Waals surface area contributed by atoms with Crippen LogP contribution in [-0.4, -0.2) is 38.4 Å². The van der Waals surface area contributed by atoms with E-state index in [1.807, 2.05) is 6.07 Å². The van der Waals surface area contributed by atoms with Crippen molar-refractivity contribution in [1.82, 2.24) is 5.32 Å². The predicted molar refractivity (Wildman–Crippen MR) is 113 cm³/mol. The summed E-state index contributed by atoms with van der Waals surface area (Å²) < 4.78 is 11.7. The van der Waals surface area contributed by atoms with Gasteiger partial charge in [0.1, 0.15) is 13.2 Å². The zero-order valence-electron chi connectivity index (χ0n) is 17.0. The summed E-state index contributed by atoms with van der Waals surface area (Å²) in [6.07, 6.45) is 4.70. The lowest BCUT2D eigenvalue weighted by Gasteiger charge is -2.36. The molecule has 0 spiro atoms. The molecule has 0 amide bonds. The first kappa shape index (κ1) is 17.9. The summed E-state index contributed by atoms with van der Waals surface area (Å²) in [6.45, 7) is 7.87. The SMILES string of the molecule is Cc1cc2c(cc1C)CC(NC1CCN(c3cccc4c3OCCO4)CC1)C2. The molecule has 28 heavy (non-hydrogen) atoms. The molecule has 4 nitrogen and oxygen atoms in total. The number of fused-ring (bicyclic) bond motifs is 2. The molecule has 2 aliphatic heterocycles. The number of hydrogen-bond acceptors (Lipinski definition) is 4. The third-order valence-corrected chi connectivity index (χ3v) is 6.60. The van der Waals surface area contributed by atoms with Gasteiger partial charge in [0.15, 0.2) is 11.5 Å². The molecule has 1 fully saturated rings. The van der Waals surface area contributed by atoms with Gasteiger partial charge in [0.05, 0.1) is 5.69 Å². The first-order chi connectivity index (χ1) is 13.7. The van der Waals surface area contributed by atoms with Crippen LogP contribution in [0.25, 0.3) is 0 Å². The molecule has 0 aromatic heterocycles. The maximum Gasteiger partial charge on any atom is 0.184 e. The molecule has 0 radical (unpaired) electrons. The number of benzene rings is 2. The summed E-state index contributed by atoms with van der Waals surface area (Å²) in [5.74, 6) is 1.82. The summed E-state index contributed by atoms with van der Waals surface area (Å²) in [7, 11) is 0. The van der Waals surface area contributed by atoms with E-state index in [1.54, 1.807) is 11.1 Å². The van der Waals surface area contributed by atoms with E-state index < -0.39 is 0 Å². The van der Waals surface area contributed by atoms with Gasteiger partial charge in [-0.05, 0) is 73.9 Å². The highest BCUT2D eigenvalue weighted by Crippen LogP contribution is 2.40. The molecule has 5 rings (SSSR count). The number of ether oxygens (including phenoxy) is 2.